The van der Waals surface area contributed by atoms with Gasteiger partial charge < -0.3 is 93.8 Å². The topological polar surface area (TPSA) is 454 Å². The summed E-state index contributed by atoms with van der Waals surface area (Å²) in [6, 6.07) is 0. The first kappa shape index (κ1) is 65.9. The molecule has 2 unspecified atom stereocenters. The molecule has 2 aromatic heterocycles. The Morgan fingerprint density at radius 2 is 1.51 bits per heavy atom. The number of phosphoric ester groups is 3. The van der Waals surface area contributed by atoms with E-state index >= 15 is 0 Å². The Kier molecular flexibility index (Phi) is 27.2. The van der Waals surface area contributed by atoms with Gasteiger partial charge in [-0.05, 0) is 19.8 Å². The molecule has 2 aliphatic rings. The van der Waals surface area contributed by atoms with Gasteiger partial charge in [0.15, 0.2) is 29.1 Å². The molecule has 2 fully saturated rings. The van der Waals surface area contributed by atoms with E-state index in [1.807, 2.05) is 0 Å². The van der Waals surface area contributed by atoms with Gasteiger partial charge in [0.1, 0.15) is 42.4 Å². The summed E-state index contributed by atoms with van der Waals surface area (Å²) < 4.78 is 72.0. The number of rotatable bonds is 36. The molecular formula is C43H72N7O22P3S-4. The SMILES string of the molecule is C[C@@H]1O[C@@H](OCCCCCCCCCCCCC[C@@H](O)CC(=O)SCCNC(=O)CCNC(=O)[C@H](O)C(C)(C)COP(=O)([O-])OP(=O)([O-])OC[C@H]2O[C@@H](n3cnc4c(N)ncnc43)[C@H](O)[C@@H]2OP(=O)([O-])[O-])[C@H](O)C[C@H]1O. The highest BCUT2D eigenvalue weighted by atomic mass is 32.2. The van der Waals surface area contributed by atoms with Crippen LogP contribution in [0.3, 0.4) is 0 Å². The second kappa shape index (κ2) is 31.4. The standard InChI is InChI=1S/C43H76N7O22P3S/c1-27-29(52)22-30(53)42(69-27)66-19-14-12-10-8-6-4-5-7-9-11-13-15-28(51)21-33(55)76-20-18-45-32(54)16-17-46-40(58)37(57)43(2,3)24-68-75(64,65)72-74(62,63)67-23-31-36(71-73(59,60)61)35(56)41(70-31)50-26-49-34-38(44)47-25-48-39(34)50/h25-31,35-37,41-42,51-53,56-57H,4-24H2,1-3H3,(H,45,54)(H,46,58)(H,62,63)(H,64,65)(H2,44,47,48)(H2,59,60,61)/p-4/t27-,28+,29+,30+,31+,35+,36+,37-,41+,42+/m0/s1. The highest BCUT2D eigenvalue weighted by molar-refractivity contribution is 8.13. The average Bonchev–Trinajstić information content (AvgIpc) is 3.90. The molecule has 12 atom stereocenters. The van der Waals surface area contributed by atoms with E-state index in [2.05, 4.69) is 43.5 Å². The number of hydrogen-bond acceptors (Lipinski definition) is 27. The number of fused-ring (bicyclic) bond motifs is 1. The van der Waals surface area contributed by atoms with Crippen LogP contribution in [-0.4, -0.2) is 156 Å². The largest absolute Gasteiger partial charge is 0.790 e. The van der Waals surface area contributed by atoms with Crippen molar-refractivity contribution in [2.24, 2.45) is 5.41 Å². The van der Waals surface area contributed by atoms with Crippen LogP contribution in [0.1, 0.15) is 123 Å². The number of hydrogen-bond donors (Lipinski definition) is 8. The van der Waals surface area contributed by atoms with Gasteiger partial charge in [0.25, 0.3) is 15.6 Å². The maximum Gasteiger partial charge on any atom is 0.274 e. The highest BCUT2D eigenvalue weighted by Gasteiger charge is 2.47. The Morgan fingerprint density at radius 1 is 0.882 bits per heavy atom. The minimum absolute atomic E-state index is 0.0171. The van der Waals surface area contributed by atoms with Crippen molar-refractivity contribution >= 4 is 69.1 Å². The Hall–Kier alpha value is -2.64. The number of phosphoric acid groups is 3. The summed E-state index contributed by atoms with van der Waals surface area (Å²) in [5.41, 5.74) is 4.04. The first-order valence-corrected chi connectivity index (χ1v) is 30.3. The van der Waals surface area contributed by atoms with Crippen molar-refractivity contribution in [3.8, 4) is 0 Å². The van der Waals surface area contributed by atoms with E-state index in [1.54, 1.807) is 6.92 Å². The minimum atomic E-state index is -5.94. The lowest BCUT2D eigenvalue weighted by atomic mass is 9.87. The second-order valence-electron chi connectivity index (χ2n) is 19.2. The number of anilines is 1. The number of nitrogen functional groups attached to an aromatic ring is 1. The Morgan fingerprint density at radius 3 is 2.17 bits per heavy atom. The number of aromatic nitrogens is 4. The fourth-order valence-corrected chi connectivity index (χ4v) is 11.5. The molecule has 2 saturated heterocycles. The molecule has 0 spiro atoms. The number of ether oxygens (including phenoxy) is 3. The first-order chi connectivity index (χ1) is 35.7. The number of unbranched alkanes of at least 4 members (excludes halogenated alkanes) is 10. The van der Waals surface area contributed by atoms with Gasteiger partial charge >= 0.3 is 0 Å². The number of nitrogens with zero attached hydrogens (tertiary/aromatic N) is 4. The molecule has 76 heavy (non-hydrogen) atoms. The molecular weight excluding hydrogens is 1090 g/mol. The molecule has 2 aromatic rings. The first-order valence-electron chi connectivity index (χ1n) is 25.0. The van der Waals surface area contributed by atoms with Gasteiger partial charge in [0.05, 0.1) is 45.7 Å². The molecule has 0 radical (unpaired) electrons. The lowest BCUT2D eigenvalue weighted by molar-refractivity contribution is -0.347. The maximum absolute atomic E-state index is 12.7. The number of amides is 2. The van der Waals surface area contributed by atoms with Gasteiger partial charge in [-0.2, -0.15) is 0 Å². The fraction of sp³-hybridized carbons (Fsp3) is 0.814. The smallest absolute Gasteiger partial charge is 0.274 e. The molecule has 0 aliphatic carbocycles. The average molecular weight is 1160 g/mol. The zero-order valence-electron chi connectivity index (χ0n) is 42.6. The number of nitrogens with one attached hydrogen (secondary N) is 2. The summed E-state index contributed by atoms with van der Waals surface area (Å²) in [5.74, 6) is -1.38. The van der Waals surface area contributed by atoms with Gasteiger partial charge in [0.2, 0.25) is 11.8 Å². The number of imidazole rings is 1. The molecule has 33 heteroatoms. The lowest BCUT2D eigenvalue weighted by Crippen LogP contribution is -2.47. The summed E-state index contributed by atoms with van der Waals surface area (Å²) in [7, 11) is -17.7. The molecule has 0 saturated carbocycles. The van der Waals surface area contributed by atoms with E-state index < -0.39 is 109 Å². The Labute approximate surface area is 444 Å². The summed E-state index contributed by atoms with van der Waals surface area (Å²) in [4.78, 5) is 97.1. The van der Waals surface area contributed by atoms with E-state index in [4.69, 9.17) is 19.9 Å². The monoisotopic (exact) mass is 1160 g/mol. The Bertz CT molecular complexity index is 2280. The van der Waals surface area contributed by atoms with Crippen molar-refractivity contribution in [3.63, 3.8) is 0 Å². The zero-order valence-corrected chi connectivity index (χ0v) is 46.1. The predicted octanol–water partition coefficient (Wildman–Crippen LogP) is -0.558. The summed E-state index contributed by atoms with van der Waals surface area (Å²) in [5, 5.41) is 56.2. The third kappa shape index (κ3) is 22.8. The third-order valence-electron chi connectivity index (χ3n) is 12.3. The quantitative estimate of drug-likeness (QED) is 0.0313. The van der Waals surface area contributed by atoms with Gasteiger partial charge in [-0.1, -0.05) is 89.8 Å². The van der Waals surface area contributed by atoms with Crippen molar-refractivity contribution in [1.82, 2.24) is 30.2 Å². The van der Waals surface area contributed by atoms with Gasteiger partial charge in [-0.15, -0.1) is 0 Å². The molecule has 2 aliphatic heterocycles. The number of thioether (sulfide) groups is 1. The van der Waals surface area contributed by atoms with E-state index in [0.717, 1.165) is 99.6 Å². The van der Waals surface area contributed by atoms with Crippen LogP contribution in [0.5, 0.6) is 0 Å². The van der Waals surface area contributed by atoms with E-state index in [0.29, 0.717) is 13.0 Å². The number of aliphatic hydroxyl groups is 5. The summed E-state index contributed by atoms with van der Waals surface area (Å²) in [6.07, 6.45) is 1.29. The zero-order chi connectivity index (χ0) is 56.3. The molecule has 2 amide bonds. The van der Waals surface area contributed by atoms with Crippen LogP contribution in [0.25, 0.3) is 11.2 Å². The van der Waals surface area contributed by atoms with Crippen molar-refractivity contribution in [2.75, 3.05) is 44.4 Å². The predicted molar refractivity (Wildman–Crippen MR) is 261 cm³/mol. The fourth-order valence-electron chi connectivity index (χ4n) is 7.99. The van der Waals surface area contributed by atoms with E-state index in [1.165, 1.54) is 13.8 Å². The molecule has 436 valence electrons. The van der Waals surface area contributed by atoms with Crippen molar-refractivity contribution in [1.29, 1.82) is 0 Å². The Balaban J connectivity index is 1.01. The number of aliphatic hydroxyl groups excluding tert-OH is 5. The summed E-state index contributed by atoms with van der Waals surface area (Å²) >= 11 is 0.967. The minimum Gasteiger partial charge on any atom is -0.790 e. The second-order valence-corrected chi connectivity index (χ2v) is 24.4. The molecule has 4 heterocycles. The van der Waals surface area contributed by atoms with Crippen LogP contribution in [-0.2, 0) is 60.2 Å². The van der Waals surface area contributed by atoms with E-state index in [9.17, 15) is 73.2 Å². The van der Waals surface area contributed by atoms with Gasteiger partial charge in [-0.3, -0.25) is 28.1 Å². The van der Waals surface area contributed by atoms with Crippen LogP contribution in [0.15, 0.2) is 12.7 Å². The number of carbonyl (C=O) groups is 3. The third-order valence-corrected chi connectivity index (χ3v) is 16.2. The van der Waals surface area contributed by atoms with Crippen molar-refractivity contribution < 1.29 is 105 Å². The molecule has 29 nitrogen and oxygen atoms in total. The van der Waals surface area contributed by atoms with E-state index in [-0.39, 0.29) is 66.3 Å². The van der Waals surface area contributed by atoms with Crippen LogP contribution in [0.2, 0.25) is 0 Å². The van der Waals surface area contributed by atoms with Crippen LogP contribution >= 0.6 is 35.2 Å². The van der Waals surface area contributed by atoms with Crippen LogP contribution in [0.4, 0.5) is 5.82 Å². The maximum atomic E-state index is 12.7. The number of nitrogens with two attached hydrogens (primary N) is 1. The molecule has 0 bridgehead atoms. The summed E-state index contributed by atoms with van der Waals surface area (Å²) in [6.45, 7) is 2.20. The molecule has 0 aromatic carbocycles. The lowest BCUT2D eigenvalue weighted by Gasteiger charge is -2.36. The van der Waals surface area contributed by atoms with Crippen LogP contribution in [0, 0.1) is 5.41 Å². The normalized spacial score (nSPS) is 24.7. The molecule has 4 rings (SSSR count). The van der Waals surface area contributed by atoms with Gasteiger partial charge in [0, 0.05) is 50.1 Å². The van der Waals surface area contributed by atoms with Crippen molar-refractivity contribution in [3.05, 3.63) is 12.7 Å². The number of carbonyl (C=O) groups excluding carboxylic acids is 3. The van der Waals surface area contributed by atoms with Gasteiger partial charge in [-0.25, -0.2) is 19.3 Å². The van der Waals surface area contributed by atoms with Crippen molar-refractivity contribution in [2.45, 2.75) is 178 Å². The van der Waals surface area contributed by atoms with Crippen LogP contribution < -0.4 is 35.9 Å². The highest BCUT2D eigenvalue weighted by Crippen LogP contribution is 2.56. The molecule has 9 N–H and O–H groups in total.